The van der Waals surface area contributed by atoms with Crippen molar-refractivity contribution in [2.24, 2.45) is 0 Å². The Kier molecular flexibility index (Phi) is 7.29. The van der Waals surface area contributed by atoms with Crippen LogP contribution in [0.5, 0.6) is 0 Å². The lowest BCUT2D eigenvalue weighted by Crippen LogP contribution is -2.26. The number of hydrogen-bond acceptors (Lipinski definition) is 2. The van der Waals surface area contributed by atoms with Crippen LogP contribution in [-0.4, -0.2) is 25.4 Å². The number of ether oxygens (including phenoxy) is 2. The van der Waals surface area contributed by atoms with Gasteiger partial charge in [0.05, 0.1) is 18.8 Å². The Hall–Kier alpha value is -0.0800. The Morgan fingerprint density at radius 2 is 1.62 bits per heavy atom. The van der Waals surface area contributed by atoms with Crippen molar-refractivity contribution < 1.29 is 9.47 Å². The molecule has 0 atom stereocenters. The molecule has 2 heteroatoms. The molecule has 0 spiro atoms. The molecule has 0 aliphatic rings. The first-order chi connectivity index (χ1) is 6.12. The van der Waals surface area contributed by atoms with Crippen LogP contribution >= 0.6 is 0 Å². The Morgan fingerprint density at radius 1 is 0.923 bits per heavy atom. The molecule has 0 unspecified atom stereocenters. The summed E-state index contributed by atoms with van der Waals surface area (Å²) in [5.41, 5.74) is 0.0182. The molecular formula is C11H24O2. The normalized spacial score (nSPS) is 12.0. The third-order valence-corrected chi connectivity index (χ3v) is 1.92. The molecule has 0 aromatic heterocycles. The SMILES string of the molecule is CCCOCCOC(C)(C)CCC. The molecule has 0 aliphatic heterocycles. The fourth-order valence-electron chi connectivity index (χ4n) is 1.30. The molecule has 0 saturated carbocycles. The van der Waals surface area contributed by atoms with Gasteiger partial charge in [-0.15, -0.1) is 0 Å². The van der Waals surface area contributed by atoms with E-state index in [9.17, 15) is 0 Å². The van der Waals surface area contributed by atoms with Crippen LogP contribution in [0.2, 0.25) is 0 Å². The quantitative estimate of drug-likeness (QED) is 0.545. The van der Waals surface area contributed by atoms with E-state index in [1.807, 2.05) is 0 Å². The summed E-state index contributed by atoms with van der Waals surface area (Å²) >= 11 is 0. The van der Waals surface area contributed by atoms with E-state index in [1.54, 1.807) is 0 Å². The van der Waals surface area contributed by atoms with Gasteiger partial charge in [0.2, 0.25) is 0 Å². The molecule has 2 nitrogen and oxygen atoms in total. The van der Waals surface area contributed by atoms with Crippen LogP contribution in [0, 0.1) is 0 Å². The highest BCUT2D eigenvalue weighted by atomic mass is 16.5. The summed E-state index contributed by atoms with van der Waals surface area (Å²) in [7, 11) is 0. The standard InChI is InChI=1S/C11H24O2/c1-5-7-11(3,4)13-10-9-12-8-6-2/h5-10H2,1-4H3. The molecule has 0 aliphatic carbocycles. The molecule has 13 heavy (non-hydrogen) atoms. The van der Waals surface area contributed by atoms with Crippen LogP contribution in [-0.2, 0) is 9.47 Å². The zero-order valence-electron chi connectivity index (χ0n) is 9.56. The van der Waals surface area contributed by atoms with Gasteiger partial charge in [0, 0.05) is 6.61 Å². The van der Waals surface area contributed by atoms with Crippen LogP contribution in [0.4, 0.5) is 0 Å². The fraction of sp³-hybridized carbons (Fsp3) is 1.00. The van der Waals surface area contributed by atoms with Gasteiger partial charge in [0.25, 0.3) is 0 Å². The van der Waals surface area contributed by atoms with Crippen LogP contribution in [0.15, 0.2) is 0 Å². The highest BCUT2D eigenvalue weighted by Gasteiger charge is 2.15. The largest absolute Gasteiger partial charge is 0.379 e. The molecule has 0 heterocycles. The van der Waals surface area contributed by atoms with Crippen LogP contribution in [0.25, 0.3) is 0 Å². The van der Waals surface area contributed by atoms with Crippen molar-refractivity contribution in [2.75, 3.05) is 19.8 Å². The zero-order chi connectivity index (χ0) is 10.2. The Morgan fingerprint density at radius 3 is 2.15 bits per heavy atom. The summed E-state index contributed by atoms with van der Waals surface area (Å²) in [5.74, 6) is 0. The lowest BCUT2D eigenvalue weighted by atomic mass is 10.0. The van der Waals surface area contributed by atoms with E-state index in [1.165, 1.54) is 6.42 Å². The second-order valence-corrected chi connectivity index (χ2v) is 3.97. The monoisotopic (exact) mass is 188 g/mol. The fourth-order valence-corrected chi connectivity index (χ4v) is 1.30. The maximum Gasteiger partial charge on any atom is 0.0707 e. The van der Waals surface area contributed by atoms with E-state index >= 15 is 0 Å². The Balaban J connectivity index is 3.29. The molecule has 0 N–H and O–H groups in total. The van der Waals surface area contributed by atoms with Gasteiger partial charge in [-0.05, 0) is 26.7 Å². The van der Waals surface area contributed by atoms with Crippen LogP contribution in [0.3, 0.4) is 0 Å². The van der Waals surface area contributed by atoms with E-state index in [2.05, 4.69) is 27.7 Å². The van der Waals surface area contributed by atoms with Crippen molar-refractivity contribution in [3.63, 3.8) is 0 Å². The first kappa shape index (κ1) is 12.9. The molecule has 0 fully saturated rings. The van der Waals surface area contributed by atoms with Gasteiger partial charge in [0.15, 0.2) is 0 Å². The van der Waals surface area contributed by atoms with Gasteiger partial charge in [0.1, 0.15) is 0 Å². The summed E-state index contributed by atoms with van der Waals surface area (Å²) in [6, 6.07) is 0. The predicted molar refractivity (Wildman–Crippen MR) is 56.0 cm³/mol. The minimum atomic E-state index is 0.0182. The van der Waals surface area contributed by atoms with E-state index in [0.717, 1.165) is 26.1 Å². The summed E-state index contributed by atoms with van der Waals surface area (Å²) in [5, 5.41) is 0. The maximum absolute atomic E-state index is 5.69. The van der Waals surface area contributed by atoms with Crippen molar-refractivity contribution in [3.8, 4) is 0 Å². The molecule has 0 radical (unpaired) electrons. The van der Waals surface area contributed by atoms with Gasteiger partial charge < -0.3 is 9.47 Å². The van der Waals surface area contributed by atoms with Crippen LogP contribution < -0.4 is 0 Å². The van der Waals surface area contributed by atoms with Crippen molar-refractivity contribution in [3.05, 3.63) is 0 Å². The highest BCUT2D eigenvalue weighted by molar-refractivity contribution is 4.66. The summed E-state index contributed by atoms with van der Waals surface area (Å²) in [6.45, 7) is 10.8. The van der Waals surface area contributed by atoms with Gasteiger partial charge in [-0.25, -0.2) is 0 Å². The minimum absolute atomic E-state index is 0.0182. The average molecular weight is 188 g/mol. The highest BCUT2D eigenvalue weighted by Crippen LogP contribution is 2.15. The van der Waals surface area contributed by atoms with Crippen molar-refractivity contribution >= 4 is 0 Å². The van der Waals surface area contributed by atoms with Gasteiger partial charge in [-0.2, -0.15) is 0 Å². The van der Waals surface area contributed by atoms with Crippen molar-refractivity contribution in [1.82, 2.24) is 0 Å². The minimum Gasteiger partial charge on any atom is -0.379 e. The second-order valence-electron chi connectivity index (χ2n) is 3.97. The van der Waals surface area contributed by atoms with E-state index in [0.29, 0.717) is 6.61 Å². The molecule has 0 amide bonds. The summed E-state index contributed by atoms with van der Waals surface area (Å²) in [6.07, 6.45) is 3.36. The molecular weight excluding hydrogens is 164 g/mol. The van der Waals surface area contributed by atoms with Crippen molar-refractivity contribution in [1.29, 1.82) is 0 Å². The molecule has 0 rings (SSSR count). The van der Waals surface area contributed by atoms with Gasteiger partial charge in [-0.3, -0.25) is 0 Å². The number of hydrogen-bond donors (Lipinski definition) is 0. The molecule has 0 bridgehead atoms. The second kappa shape index (κ2) is 7.34. The predicted octanol–water partition coefficient (Wildman–Crippen LogP) is 3.01. The molecule has 0 aromatic rings. The lowest BCUT2D eigenvalue weighted by molar-refractivity contribution is -0.0503. The number of rotatable bonds is 8. The summed E-state index contributed by atoms with van der Waals surface area (Å²) < 4.78 is 11.0. The van der Waals surface area contributed by atoms with Crippen molar-refractivity contribution in [2.45, 2.75) is 52.6 Å². The van der Waals surface area contributed by atoms with Crippen LogP contribution in [0.1, 0.15) is 47.0 Å². The molecule has 0 saturated heterocycles. The molecule has 80 valence electrons. The average Bonchev–Trinajstić information content (AvgIpc) is 2.04. The Labute approximate surface area is 82.6 Å². The van der Waals surface area contributed by atoms with Gasteiger partial charge >= 0.3 is 0 Å². The smallest absolute Gasteiger partial charge is 0.0707 e. The van der Waals surface area contributed by atoms with E-state index in [4.69, 9.17) is 9.47 Å². The van der Waals surface area contributed by atoms with Gasteiger partial charge in [-0.1, -0.05) is 20.3 Å². The zero-order valence-corrected chi connectivity index (χ0v) is 9.56. The summed E-state index contributed by atoms with van der Waals surface area (Å²) in [4.78, 5) is 0. The van der Waals surface area contributed by atoms with E-state index < -0.39 is 0 Å². The first-order valence-corrected chi connectivity index (χ1v) is 5.34. The topological polar surface area (TPSA) is 18.5 Å². The molecule has 0 aromatic carbocycles. The lowest BCUT2D eigenvalue weighted by Gasteiger charge is -2.24. The Bertz CT molecular complexity index is 111. The third-order valence-electron chi connectivity index (χ3n) is 1.92. The first-order valence-electron chi connectivity index (χ1n) is 5.34. The third kappa shape index (κ3) is 8.26. The van der Waals surface area contributed by atoms with E-state index in [-0.39, 0.29) is 5.60 Å². The maximum atomic E-state index is 5.69.